The Labute approximate surface area is 132 Å². The fourth-order valence-electron chi connectivity index (χ4n) is 2.62. The van der Waals surface area contributed by atoms with Crippen LogP contribution >= 0.6 is 11.8 Å². The number of nitrogens with one attached hydrogen (secondary N) is 2. The van der Waals surface area contributed by atoms with Gasteiger partial charge in [-0.25, -0.2) is 0 Å². The summed E-state index contributed by atoms with van der Waals surface area (Å²) < 4.78 is 0. The van der Waals surface area contributed by atoms with E-state index in [4.69, 9.17) is 0 Å². The molecule has 1 aromatic carbocycles. The fraction of sp³-hybridized carbons (Fsp3) is 0.588. The molecule has 0 aliphatic carbocycles. The Morgan fingerprint density at radius 2 is 2.05 bits per heavy atom. The number of hydrogen-bond donors (Lipinski definition) is 2. The normalized spacial score (nSPS) is 17.4. The van der Waals surface area contributed by atoms with Gasteiger partial charge in [0.15, 0.2) is 0 Å². The van der Waals surface area contributed by atoms with E-state index in [1.807, 2.05) is 30.0 Å². The van der Waals surface area contributed by atoms with Gasteiger partial charge in [-0.05, 0) is 50.4 Å². The zero-order valence-electron chi connectivity index (χ0n) is 12.8. The second-order valence-corrected chi connectivity index (χ2v) is 7.29. The van der Waals surface area contributed by atoms with Crippen molar-refractivity contribution in [2.45, 2.75) is 42.8 Å². The summed E-state index contributed by atoms with van der Waals surface area (Å²) in [6.07, 6.45) is 4.14. The maximum Gasteiger partial charge on any atom is 0.220 e. The van der Waals surface area contributed by atoms with Crippen molar-refractivity contribution in [2.24, 2.45) is 5.92 Å². The van der Waals surface area contributed by atoms with Gasteiger partial charge in [-0.3, -0.25) is 4.79 Å². The van der Waals surface area contributed by atoms with Gasteiger partial charge in [-0.1, -0.05) is 25.1 Å². The second kappa shape index (κ2) is 9.11. The third kappa shape index (κ3) is 6.53. The van der Waals surface area contributed by atoms with Crippen molar-refractivity contribution in [3.63, 3.8) is 0 Å². The van der Waals surface area contributed by atoms with Gasteiger partial charge in [-0.2, -0.15) is 0 Å². The lowest BCUT2D eigenvalue weighted by Crippen LogP contribution is -2.31. The molecule has 116 valence electrons. The average Bonchev–Trinajstić information content (AvgIpc) is 2.53. The van der Waals surface area contributed by atoms with Crippen molar-refractivity contribution >= 4 is 17.7 Å². The minimum Gasteiger partial charge on any atom is -0.355 e. The highest BCUT2D eigenvalue weighted by molar-refractivity contribution is 8.00. The molecule has 1 aliphatic rings. The molecule has 0 aromatic heterocycles. The predicted octanol–water partition coefficient (Wildman–Crippen LogP) is 3.06. The molecule has 3 nitrogen and oxygen atoms in total. The molecule has 1 fully saturated rings. The summed E-state index contributed by atoms with van der Waals surface area (Å²) in [6, 6.07) is 10.3. The summed E-state index contributed by atoms with van der Waals surface area (Å²) >= 11 is 1.81. The molecule has 0 saturated carbocycles. The van der Waals surface area contributed by atoms with Gasteiger partial charge >= 0.3 is 0 Å². The summed E-state index contributed by atoms with van der Waals surface area (Å²) in [5.74, 6) is 0.933. The molecule has 1 unspecified atom stereocenters. The number of carbonyl (C=O) groups is 1. The van der Waals surface area contributed by atoms with Crippen molar-refractivity contribution in [1.82, 2.24) is 10.6 Å². The highest BCUT2D eigenvalue weighted by atomic mass is 32.2. The van der Waals surface area contributed by atoms with Crippen LogP contribution in [0.3, 0.4) is 0 Å². The molecule has 1 amide bonds. The van der Waals surface area contributed by atoms with Gasteiger partial charge in [-0.15, -0.1) is 11.8 Å². The van der Waals surface area contributed by atoms with Gasteiger partial charge < -0.3 is 10.6 Å². The fourth-order valence-corrected chi connectivity index (χ4v) is 3.57. The number of benzene rings is 1. The number of rotatable bonds is 7. The highest BCUT2D eigenvalue weighted by Crippen LogP contribution is 2.22. The zero-order valence-corrected chi connectivity index (χ0v) is 13.6. The van der Waals surface area contributed by atoms with Crippen LogP contribution in [0.15, 0.2) is 35.2 Å². The van der Waals surface area contributed by atoms with Crippen LogP contribution in [-0.2, 0) is 4.79 Å². The molecule has 1 aromatic rings. The van der Waals surface area contributed by atoms with Gasteiger partial charge in [0, 0.05) is 23.1 Å². The van der Waals surface area contributed by atoms with Gasteiger partial charge in [0.05, 0.1) is 0 Å². The van der Waals surface area contributed by atoms with Gasteiger partial charge in [0.25, 0.3) is 0 Å². The molecule has 1 heterocycles. The lowest BCUT2D eigenvalue weighted by Gasteiger charge is -2.22. The molecule has 2 rings (SSSR count). The lowest BCUT2D eigenvalue weighted by atomic mass is 9.93. The van der Waals surface area contributed by atoms with Crippen molar-refractivity contribution in [1.29, 1.82) is 0 Å². The van der Waals surface area contributed by atoms with E-state index in [-0.39, 0.29) is 5.91 Å². The first kappa shape index (κ1) is 16.4. The van der Waals surface area contributed by atoms with Crippen molar-refractivity contribution < 1.29 is 4.79 Å². The topological polar surface area (TPSA) is 41.1 Å². The first-order valence-corrected chi connectivity index (χ1v) is 8.81. The number of hydrogen-bond acceptors (Lipinski definition) is 3. The average molecular weight is 306 g/mol. The molecule has 1 saturated heterocycles. The third-order valence-electron chi connectivity index (χ3n) is 3.91. The van der Waals surface area contributed by atoms with Crippen LogP contribution in [-0.4, -0.2) is 30.8 Å². The van der Waals surface area contributed by atoms with E-state index < -0.39 is 0 Å². The largest absolute Gasteiger partial charge is 0.355 e. The van der Waals surface area contributed by atoms with E-state index in [0.717, 1.165) is 32.0 Å². The molecular weight excluding hydrogens is 280 g/mol. The minimum absolute atomic E-state index is 0.203. The maximum atomic E-state index is 11.9. The van der Waals surface area contributed by atoms with Crippen LogP contribution in [0.4, 0.5) is 0 Å². The molecule has 0 spiro atoms. The Morgan fingerprint density at radius 1 is 1.33 bits per heavy atom. The number of piperidine rings is 1. The molecule has 0 bridgehead atoms. The summed E-state index contributed by atoms with van der Waals surface area (Å²) in [7, 11) is 0. The van der Waals surface area contributed by atoms with E-state index in [1.54, 1.807) is 0 Å². The standard InChI is InChI=1S/C17H26N2OS/c1-14(21-16-5-3-2-4-6-16)13-19-17(20)8-7-15-9-11-18-12-10-15/h2-6,14-15,18H,7-13H2,1H3,(H,19,20). The lowest BCUT2D eigenvalue weighted by molar-refractivity contribution is -0.121. The smallest absolute Gasteiger partial charge is 0.220 e. The van der Waals surface area contributed by atoms with Crippen LogP contribution in [0.25, 0.3) is 0 Å². The number of amides is 1. The Bertz CT molecular complexity index is 418. The van der Waals surface area contributed by atoms with Crippen LogP contribution < -0.4 is 10.6 Å². The maximum absolute atomic E-state index is 11.9. The van der Waals surface area contributed by atoms with Crippen LogP contribution in [0.5, 0.6) is 0 Å². The summed E-state index contributed by atoms with van der Waals surface area (Å²) in [4.78, 5) is 13.2. The Balaban J connectivity index is 1.59. The van der Waals surface area contributed by atoms with Gasteiger partial charge in [0.1, 0.15) is 0 Å². The molecule has 2 N–H and O–H groups in total. The SMILES string of the molecule is CC(CNC(=O)CCC1CCNCC1)Sc1ccccc1. The highest BCUT2D eigenvalue weighted by Gasteiger charge is 2.14. The van der Waals surface area contributed by atoms with Crippen molar-refractivity contribution in [3.8, 4) is 0 Å². The van der Waals surface area contributed by atoms with E-state index in [1.165, 1.54) is 17.7 Å². The monoisotopic (exact) mass is 306 g/mol. The second-order valence-electron chi connectivity index (χ2n) is 5.78. The first-order chi connectivity index (χ1) is 10.2. The summed E-state index contributed by atoms with van der Waals surface area (Å²) in [5.41, 5.74) is 0. The third-order valence-corrected chi connectivity index (χ3v) is 5.02. The van der Waals surface area contributed by atoms with E-state index in [9.17, 15) is 4.79 Å². The molecule has 4 heteroatoms. The number of thioether (sulfide) groups is 1. The quantitative estimate of drug-likeness (QED) is 0.761. The molecule has 1 atom stereocenters. The van der Waals surface area contributed by atoms with E-state index >= 15 is 0 Å². The number of carbonyl (C=O) groups excluding carboxylic acids is 1. The minimum atomic E-state index is 0.203. The van der Waals surface area contributed by atoms with Crippen LogP contribution in [0.2, 0.25) is 0 Å². The molecular formula is C17H26N2OS. The molecule has 0 radical (unpaired) electrons. The Hall–Kier alpha value is -1.00. The van der Waals surface area contributed by atoms with Crippen molar-refractivity contribution in [3.05, 3.63) is 30.3 Å². The van der Waals surface area contributed by atoms with Crippen LogP contribution in [0, 0.1) is 5.92 Å². The first-order valence-electron chi connectivity index (χ1n) is 7.93. The van der Waals surface area contributed by atoms with E-state index in [2.05, 4.69) is 29.7 Å². The zero-order chi connectivity index (χ0) is 14.9. The van der Waals surface area contributed by atoms with Gasteiger partial charge in [0.2, 0.25) is 5.91 Å². The Morgan fingerprint density at radius 3 is 2.76 bits per heavy atom. The Kier molecular flexibility index (Phi) is 7.10. The van der Waals surface area contributed by atoms with Crippen LogP contribution in [0.1, 0.15) is 32.6 Å². The predicted molar refractivity (Wildman–Crippen MR) is 89.6 cm³/mol. The summed E-state index contributed by atoms with van der Waals surface area (Å²) in [5, 5.41) is 6.83. The summed E-state index contributed by atoms with van der Waals surface area (Å²) in [6.45, 7) is 5.11. The molecule has 21 heavy (non-hydrogen) atoms. The molecule has 1 aliphatic heterocycles. The van der Waals surface area contributed by atoms with E-state index in [0.29, 0.717) is 11.7 Å². The van der Waals surface area contributed by atoms with Crippen molar-refractivity contribution in [2.75, 3.05) is 19.6 Å².